The standard InChI is InChI=1S/C8H14F3NO/c1-5(13)6(12)4-7(2,3)8(9,10)11/h6H,4,12H2,1-3H3. The number of hydrogen-bond acceptors (Lipinski definition) is 2. The lowest BCUT2D eigenvalue weighted by Gasteiger charge is -2.29. The molecular weight excluding hydrogens is 183 g/mol. The van der Waals surface area contributed by atoms with Crippen molar-refractivity contribution in [3.05, 3.63) is 0 Å². The summed E-state index contributed by atoms with van der Waals surface area (Å²) in [6.45, 7) is 3.27. The van der Waals surface area contributed by atoms with Crippen LogP contribution in [0.1, 0.15) is 27.2 Å². The van der Waals surface area contributed by atoms with E-state index < -0.39 is 23.4 Å². The number of carbonyl (C=O) groups excluding carboxylic acids is 1. The van der Waals surface area contributed by atoms with Crippen LogP contribution in [0, 0.1) is 5.41 Å². The van der Waals surface area contributed by atoms with E-state index in [0.717, 1.165) is 13.8 Å². The first-order chi connectivity index (χ1) is 5.58. The summed E-state index contributed by atoms with van der Waals surface area (Å²) in [4.78, 5) is 10.7. The second kappa shape index (κ2) is 3.65. The van der Waals surface area contributed by atoms with Gasteiger partial charge in [0.1, 0.15) is 5.78 Å². The van der Waals surface area contributed by atoms with Crippen molar-refractivity contribution in [2.45, 2.75) is 39.4 Å². The average Bonchev–Trinajstić information content (AvgIpc) is 1.83. The van der Waals surface area contributed by atoms with Crippen molar-refractivity contribution in [3.63, 3.8) is 0 Å². The van der Waals surface area contributed by atoms with Crippen LogP contribution in [0.2, 0.25) is 0 Å². The molecule has 0 aromatic carbocycles. The molecular formula is C8H14F3NO. The highest BCUT2D eigenvalue weighted by Crippen LogP contribution is 2.40. The van der Waals surface area contributed by atoms with Gasteiger partial charge in [0.25, 0.3) is 0 Å². The van der Waals surface area contributed by atoms with Crippen LogP contribution < -0.4 is 5.73 Å². The third kappa shape index (κ3) is 3.34. The summed E-state index contributed by atoms with van der Waals surface area (Å²) in [7, 11) is 0. The molecule has 1 unspecified atom stereocenters. The zero-order valence-electron chi connectivity index (χ0n) is 7.90. The van der Waals surface area contributed by atoms with Crippen LogP contribution in [0.4, 0.5) is 13.2 Å². The lowest BCUT2D eigenvalue weighted by atomic mass is 9.84. The maximum Gasteiger partial charge on any atom is 0.394 e. The topological polar surface area (TPSA) is 43.1 Å². The van der Waals surface area contributed by atoms with Crippen LogP contribution in [0.25, 0.3) is 0 Å². The lowest BCUT2D eigenvalue weighted by Crippen LogP contribution is -2.41. The smallest absolute Gasteiger partial charge is 0.321 e. The van der Waals surface area contributed by atoms with Gasteiger partial charge in [0.15, 0.2) is 0 Å². The zero-order chi connectivity index (χ0) is 10.9. The van der Waals surface area contributed by atoms with E-state index in [1.807, 2.05) is 0 Å². The number of alkyl halides is 3. The Morgan fingerprint density at radius 1 is 1.38 bits per heavy atom. The first kappa shape index (κ1) is 12.4. The molecule has 0 aliphatic rings. The van der Waals surface area contributed by atoms with E-state index in [2.05, 4.69) is 0 Å². The molecule has 0 rings (SSSR count). The SMILES string of the molecule is CC(=O)C(N)CC(C)(C)C(F)(F)F. The second-order valence-corrected chi connectivity index (χ2v) is 3.80. The van der Waals surface area contributed by atoms with Gasteiger partial charge >= 0.3 is 6.18 Å². The van der Waals surface area contributed by atoms with E-state index in [1.54, 1.807) is 0 Å². The van der Waals surface area contributed by atoms with Gasteiger partial charge in [-0.2, -0.15) is 13.2 Å². The van der Waals surface area contributed by atoms with Gasteiger partial charge in [-0.25, -0.2) is 0 Å². The van der Waals surface area contributed by atoms with E-state index in [-0.39, 0.29) is 6.42 Å². The molecule has 0 aliphatic carbocycles. The molecule has 78 valence electrons. The Labute approximate surface area is 75.3 Å². The van der Waals surface area contributed by atoms with E-state index >= 15 is 0 Å². The number of carbonyl (C=O) groups is 1. The van der Waals surface area contributed by atoms with E-state index in [4.69, 9.17) is 5.73 Å². The normalized spacial score (nSPS) is 15.6. The predicted octanol–water partition coefficient (Wildman–Crippen LogP) is 1.88. The number of halogens is 3. The van der Waals surface area contributed by atoms with Crippen molar-refractivity contribution in [1.82, 2.24) is 0 Å². The summed E-state index contributed by atoms with van der Waals surface area (Å²) < 4.78 is 36.9. The van der Waals surface area contributed by atoms with Gasteiger partial charge in [0.05, 0.1) is 11.5 Å². The van der Waals surface area contributed by atoms with Gasteiger partial charge in [-0.05, 0) is 13.3 Å². The van der Waals surface area contributed by atoms with Crippen LogP contribution in [0.3, 0.4) is 0 Å². The summed E-state index contributed by atoms with van der Waals surface area (Å²) in [6, 6.07) is -1.03. The summed E-state index contributed by atoms with van der Waals surface area (Å²) >= 11 is 0. The summed E-state index contributed by atoms with van der Waals surface area (Å²) in [5.74, 6) is -0.419. The van der Waals surface area contributed by atoms with Crippen molar-refractivity contribution in [2.24, 2.45) is 11.1 Å². The first-order valence-corrected chi connectivity index (χ1v) is 3.90. The van der Waals surface area contributed by atoms with Crippen LogP contribution in [0.15, 0.2) is 0 Å². The van der Waals surface area contributed by atoms with Crippen LogP contribution in [-0.2, 0) is 4.79 Å². The Balaban J connectivity index is 4.43. The van der Waals surface area contributed by atoms with Gasteiger partial charge in [-0.3, -0.25) is 4.79 Å². The number of rotatable bonds is 3. The van der Waals surface area contributed by atoms with Crippen LogP contribution in [-0.4, -0.2) is 18.0 Å². The molecule has 0 saturated carbocycles. The van der Waals surface area contributed by atoms with Crippen molar-refractivity contribution in [2.75, 3.05) is 0 Å². The fraction of sp³-hybridized carbons (Fsp3) is 0.875. The third-order valence-corrected chi connectivity index (χ3v) is 2.02. The zero-order valence-corrected chi connectivity index (χ0v) is 7.90. The summed E-state index contributed by atoms with van der Waals surface area (Å²) in [5.41, 5.74) is 3.35. The summed E-state index contributed by atoms with van der Waals surface area (Å²) in [5, 5.41) is 0. The van der Waals surface area contributed by atoms with Gasteiger partial charge in [-0.15, -0.1) is 0 Å². The van der Waals surface area contributed by atoms with Crippen LogP contribution in [0.5, 0.6) is 0 Å². The maximum absolute atomic E-state index is 12.3. The Morgan fingerprint density at radius 3 is 2.00 bits per heavy atom. The largest absolute Gasteiger partial charge is 0.394 e. The number of nitrogens with two attached hydrogens (primary N) is 1. The monoisotopic (exact) mass is 197 g/mol. The Hall–Kier alpha value is -0.580. The Kier molecular flexibility index (Phi) is 3.49. The minimum atomic E-state index is -4.32. The van der Waals surface area contributed by atoms with Gasteiger partial charge in [0.2, 0.25) is 0 Å². The van der Waals surface area contributed by atoms with Crippen molar-refractivity contribution < 1.29 is 18.0 Å². The number of hydrogen-bond donors (Lipinski definition) is 1. The maximum atomic E-state index is 12.3. The number of ketones is 1. The quantitative estimate of drug-likeness (QED) is 0.750. The Morgan fingerprint density at radius 2 is 1.77 bits per heavy atom. The molecule has 0 heterocycles. The van der Waals surface area contributed by atoms with E-state index in [9.17, 15) is 18.0 Å². The lowest BCUT2D eigenvalue weighted by molar-refractivity contribution is -0.214. The van der Waals surface area contributed by atoms with Crippen molar-refractivity contribution in [1.29, 1.82) is 0 Å². The fourth-order valence-corrected chi connectivity index (χ4v) is 0.809. The molecule has 0 aromatic rings. The Bertz CT molecular complexity index is 198. The fourth-order valence-electron chi connectivity index (χ4n) is 0.809. The molecule has 0 fully saturated rings. The molecule has 0 spiro atoms. The minimum Gasteiger partial charge on any atom is -0.321 e. The molecule has 13 heavy (non-hydrogen) atoms. The molecule has 0 aromatic heterocycles. The van der Waals surface area contributed by atoms with E-state index in [0.29, 0.717) is 0 Å². The molecule has 0 aliphatic heterocycles. The second-order valence-electron chi connectivity index (χ2n) is 3.80. The number of Topliss-reactive ketones (excluding diaryl/α,β-unsaturated/α-hetero) is 1. The highest BCUT2D eigenvalue weighted by atomic mass is 19.4. The van der Waals surface area contributed by atoms with E-state index in [1.165, 1.54) is 6.92 Å². The molecule has 0 saturated heterocycles. The third-order valence-electron chi connectivity index (χ3n) is 2.02. The van der Waals surface area contributed by atoms with Gasteiger partial charge in [-0.1, -0.05) is 13.8 Å². The molecule has 1 atom stereocenters. The molecule has 0 radical (unpaired) electrons. The minimum absolute atomic E-state index is 0.369. The van der Waals surface area contributed by atoms with Gasteiger partial charge < -0.3 is 5.73 Å². The van der Waals surface area contributed by atoms with Crippen molar-refractivity contribution in [3.8, 4) is 0 Å². The highest BCUT2D eigenvalue weighted by molar-refractivity contribution is 5.81. The molecule has 0 amide bonds. The molecule has 2 N–H and O–H groups in total. The average molecular weight is 197 g/mol. The molecule has 5 heteroatoms. The van der Waals surface area contributed by atoms with Crippen molar-refractivity contribution >= 4 is 5.78 Å². The first-order valence-electron chi connectivity index (χ1n) is 3.90. The van der Waals surface area contributed by atoms with Crippen LogP contribution >= 0.6 is 0 Å². The molecule has 0 bridgehead atoms. The summed E-state index contributed by atoms with van der Waals surface area (Å²) in [6.07, 6.45) is -4.69. The molecule has 2 nitrogen and oxygen atoms in total. The highest BCUT2D eigenvalue weighted by Gasteiger charge is 2.48. The van der Waals surface area contributed by atoms with Gasteiger partial charge in [0, 0.05) is 0 Å². The predicted molar refractivity (Wildman–Crippen MR) is 43.1 cm³/mol.